The van der Waals surface area contributed by atoms with Crippen molar-refractivity contribution in [2.24, 2.45) is 0 Å². The Hall–Kier alpha value is -2.22. The van der Waals surface area contributed by atoms with Crippen LogP contribution >= 0.6 is 11.3 Å². The van der Waals surface area contributed by atoms with Crippen LogP contribution in [-0.2, 0) is 12.8 Å². The van der Waals surface area contributed by atoms with Gasteiger partial charge >= 0.3 is 0 Å². The Morgan fingerprint density at radius 1 is 1.12 bits per heavy atom. The molecule has 26 heavy (non-hydrogen) atoms. The van der Waals surface area contributed by atoms with E-state index in [2.05, 4.69) is 15.1 Å². The number of fused-ring (bicyclic) bond motifs is 2. The van der Waals surface area contributed by atoms with Crippen molar-refractivity contribution in [2.45, 2.75) is 38.0 Å². The molecule has 7 nitrogen and oxygen atoms in total. The number of anilines is 2. The minimum Gasteiger partial charge on any atom is -0.361 e. The zero-order valence-corrected chi connectivity index (χ0v) is 16.0. The summed E-state index contributed by atoms with van der Waals surface area (Å²) in [5.74, 6) is 2.32. The van der Waals surface area contributed by atoms with E-state index in [0.29, 0.717) is 5.92 Å². The summed E-state index contributed by atoms with van der Waals surface area (Å²) in [6.07, 6.45) is 5.79. The van der Waals surface area contributed by atoms with Crippen molar-refractivity contribution in [3.05, 3.63) is 28.5 Å². The second kappa shape index (κ2) is 6.19. The van der Waals surface area contributed by atoms with Gasteiger partial charge < -0.3 is 9.80 Å². The predicted octanol–water partition coefficient (Wildman–Crippen LogP) is 2.52. The quantitative estimate of drug-likeness (QED) is 0.707. The van der Waals surface area contributed by atoms with Crippen molar-refractivity contribution < 1.29 is 0 Å². The van der Waals surface area contributed by atoms with Gasteiger partial charge in [0, 0.05) is 38.0 Å². The van der Waals surface area contributed by atoms with Gasteiger partial charge in [0.1, 0.15) is 5.82 Å². The molecule has 2 aliphatic rings. The lowest BCUT2D eigenvalue weighted by atomic mass is 9.96. The van der Waals surface area contributed by atoms with Gasteiger partial charge in [-0.2, -0.15) is 4.52 Å². The van der Waals surface area contributed by atoms with Gasteiger partial charge in [-0.25, -0.2) is 4.98 Å². The van der Waals surface area contributed by atoms with Crippen molar-refractivity contribution in [1.82, 2.24) is 24.8 Å². The molecule has 1 aliphatic carbocycles. The maximum Gasteiger partial charge on any atom is 0.185 e. The van der Waals surface area contributed by atoms with Crippen LogP contribution in [0.3, 0.4) is 0 Å². The van der Waals surface area contributed by atoms with Gasteiger partial charge in [0.05, 0.1) is 5.69 Å². The molecule has 136 valence electrons. The smallest absolute Gasteiger partial charge is 0.185 e. The van der Waals surface area contributed by atoms with Gasteiger partial charge in [-0.15, -0.1) is 26.6 Å². The van der Waals surface area contributed by atoms with E-state index in [1.54, 1.807) is 0 Å². The lowest BCUT2D eigenvalue weighted by Crippen LogP contribution is -2.33. The fourth-order valence-electron chi connectivity index (χ4n) is 3.93. The summed E-state index contributed by atoms with van der Waals surface area (Å²) >= 11 is 1.90. The zero-order valence-electron chi connectivity index (χ0n) is 15.2. The molecular weight excluding hydrogens is 346 g/mol. The van der Waals surface area contributed by atoms with Crippen LogP contribution in [0.15, 0.2) is 12.1 Å². The molecule has 0 atom stereocenters. The van der Waals surface area contributed by atoms with E-state index in [4.69, 9.17) is 10.1 Å². The first-order chi connectivity index (χ1) is 12.7. The van der Waals surface area contributed by atoms with Crippen LogP contribution in [-0.4, -0.2) is 52.0 Å². The number of piperidine rings is 1. The summed E-state index contributed by atoms with van der Waals surface area (Å²) in [5, 5.41) is 14.7. The minimum absolute atomic E-state index is 0.401. The Balaban J connectivity index is 1.35. The topological polar surface area (TPSA) is 62.5 Å². The van der Waals surface area contributed by atoms with Gasteiger partial charge in [0.25, 0.3) is 0 Å². The first-order valence-corrected chi connectivity index (χ1v) is 10.1. The van der Waals surface area contributed by atoms with Crippen molar-refractivity contribution in [3.63, 3.8) is 0 Å². The number of hydrogen-bond acceptors (Lipinski definition) is 7. The Bertz CT molecular complexity index is 915. The third kappa shape index (κ3) is 2.63. The number of hydrogen-bond donors (Lipinski definition) is 0. The number of thiazole rings is 1. The molecule has 0 amide bonds. The molecule has 1 fully saturated rings. The Morgan fingerprint density at radius 3 is 2.73 bits per heavy atom. The van der Waals surface area contributed by atoms with Crippen LogP contribution < -0.4 is 9.80 Å². The van der Waals surface area contributed by atoms with Crippen molar-refractivity contribution in [2.75, 3.05) is 37.0 Å². The molecule has 0 radical (unpaired) electrons. The lowest BCUT2D eigenvalue weighted by Gasteiger charge is -2.30. The van der Waals surface area contributed by atoms with Crippen LogP contribution in [0.5, 0.6) is 0 Å². The highest BCUT2D eigenvalue weighted by atomic mass is 32.1. The molecule has 1 aliphatic heterocycles. The second-order valence-electron chi connectivity index (χ2n) is 7.40. The van der Waals surface area contributed by atoms with Crippen molar-refractivity contribution >= 4 is 27.9 Å². The largest absolute Gasteiger partial charge is 0.361 e. The lowest BCUT2D eigenvalue weighted by molar-refractivity contribution is 0.477. The van der Waals surface area contributed by atoms with Crippen LogP contribution in [0.25, 0.3) is 5.65 Å². The molecule has 0 saturated carbocycles. The third-order valence-corrected chi connectivity index (χ3v) is 6.66. The van der Waals surface area contributed by atoms with Gasteiger partial charge in [-0.05, 0) is 44.2 Å². The molecule has 8 heteroatoms. The molecule has 0 N–H and O–H groups in total. The highest BCUT2D eigenvalue weighted by Gasteiger charge is 2.28. The minimum atomic E-state index is 0.401. The van der Waals surface area contributed by atoms with E-state index in [1.807, 2.05) is 47.0 Å². The Morgan fingerprint density at radius 2 is 1.96 bits per heavy atom. The SMILES string of the molecule is CN(C)c1ccc2nnc(C3CCN(c4nc5c(s4)CCC5)CC3)n2n1. The Kier molecular flexibility index (Phi) is 3.81. The summed E-state index contributed by atoms with van der Waals surface area (Å²) in [7, 11) is 4.00. The van der Waals surface area contributed by atoms with Gasteiger partial charge in [-0.1, -0.05) is 0 Å². The fraction of sp³-hybridized carbons (Fsp3) is 0.556. The zero-order chi connectivity index (χ0) is 17.7. The van der Waals surface area contributed by atoms with E-state index >= 15 is 0 Å². The molecule has 0 unspecified atom stereocenters. The Labute approximate surface area is 156 Å². The molecule has 5 rings (SSSR count). The van der Waals surface area contributed by atoms with Gasteiger partial charge in [0.15, 0.2) is 16.6 Å². The van der Waals surface area contributed by atoms with E-state index < -0.39 is 0 Å². The third-order valence-electron chi connectivity index (χ3n) is 5.45. The normalized spacial score (nSPS) is 17.8. The molecule has 1 saturated heterocycles. The summed E-state index contributed by atoms with van der Waals surface area (Å²) < 4.78 is 1.92. The van der Waals surface area contributed by atoms with E-state index in [9.17, 15) is 0 Å². The van der Waals surface area contributed by atoms with E-state index in [-0.39, 0.29) is 0 Å². The average Bonchev–Trinajstić information content (AvgIpc) is 3.35. The maximum absolute atomic E-state index is 4.88. The first-order valence-electron chi connectivity index (χ1n) is 9.32. The summed E-state index contributed by atoms with van der Waals surface area (Å²) in [6, 6.07) is 3.98. The highest BCUT2D eigenvalue weighted by molar-refractivity contribution is 7.15. The van der Waals surface area contributed by atoms with Crippen LogP contribution in [0, 0.1) is 0 Å². The number of aryl methyl sites for hydroxylation is 2. The molecule has 0 aromatic carbocycles. The molecule has 3 aromatic heterocycles. The summed E-state index contributed by atoms with van der Waals surface area (Å²) in [6.45, 7) is 2.05. The van der Waals surface area contributed by atoms with Crippen LogP contribution in [0.4, 0.5) is 10.9 Å². The maximum atomic E-state index is 4.88. The average molecular weight is 369 g/mol. The van der Waals surface area contributed by atoms with Gasteiger partial charge in [-0.3, -0.25) is 0 Å². The van der Waals surface area contributed by atoms with E-state index in [1.165, 1.54) is 28.5 Å². The van der Waals surface area contributed by atoms with E-state index in [0.717, 1.165) is 49.6 Å². The molecule has 0 spiro atoms. The van der Waals surface area contributed by atoms with Crippen molar-refractivity contribution in [3.8, 4) is 0 Å². The molecular formula is C18H23N7S. The predicted molar refractivity (Wildman–Crippen MR) is 103 cm³/mol. The molecule has 4 heterocycles. The standard InChI is InChI=1S/C18H23N7S/c1-23(2)16-7-6-15-20-21-17(25(15)22-16)12-8-10-24(11-9-12)18-19-13-4-3-5-14(13)26-18/h6-7,12H,3-5,8-11H2,1-2H3. The van der Waals surface area contributed by atoms with Crippen molar-refractivity contribution in [1.29, 1.82) is 0 Å². The number of aromatic nitrogens is 5. The number of nitrogens with zero attached hydrogens (tertiary/aromatic N) is 7. The summed E-state index contributed by atoms with van der Waals surface area (Å²) in [4.78, 5) is 10.8. The molecule has 0 bridgehead atoms. The number of rotatable bonds is 3. The second-order valence-corrected chi connectivity index (χ2v) is 8.46. The first kappa shape index (κ1) is 16.0. The van der Waals surface area contributed by atoms with Crippen LogP contribution in [0.1, 0.15) is 41.6 Å². The monoisotopic (exact) mass is 369 g/mol. The summed E-state index contributed by atoms with van der Waals surface area (Å²) in [5.41, 5.74) is 2.17. The van der Waals surface area contributed by atoms with Crippen LogP contribution in [0.2, 0.25) is 0 Å². The highest BCUT2D eigenvalue weighted by Crippen LogP contribution is 2.36. The fourth-order valence-corrected chi connectivity index (χ4v) is 5.13. The van der Waals surface area contributed by atoms with Gasteiger partial charge in [0.2, 0.25) is 0 Å². The molecule has 3 aromatic rings.